The lowest BCUT2D eigenvalue weighted by atomic mass is 10.2. The summed E-state index contributed by atoms with van der Waals surface area (Å²) in [6.45, 7) is 1.79. The first-order valence-corrected chi connectivity index (χ1v) is 6.15. The molecule has 0 aromatic carbocycles. The van der Waals surface area contributed by atoms with Crippen LogP contribution in [0.4, 0.5) is 0 Å². The second-order valence-electron chi connectivity index (χ2n) is 4.54. The first-order valence-electron chi connectivity index (χ1n) is 6.15. The lowest BCUT2D eigenvalue weighted by molar-refractivity contribution is 0.720. The highest BCUT2D eigenvalue weighted by Crippen LogP contribution is 2.18. The second kappa shape index (κ2) is 4.73. The van der Waals surface area contributed by atoms with Gasteiger partial charge < -0.3 is 0 Å². The molecule has 3 heterocycles. The molecule has 0 spiro atoms. The van der Waals surface area contributed by atoms with Gasteiger partial charge in [0.2, 0.25) is 0 Å². The largest absolute Gasteiger partial charge is 0.283 e. The predicted molar refractivity (Wildman–Crippen MR) is 74.6 cm³/mol. The lowest BCUT2D eigenvalue weighted by Gasteiger charge is -2.08. The van der Waals surface area contributed by atoms with Crippen LogP contribution in [0.3, 0.4) is 0 Å². The van der Waals surface area contributed by atoms with Gasteiger partial charge in [0.1, 0.15) is 0 Å². The van der Waals surface area contributed by atoms with E-state index in [4.69, 9.17) is 0 Å². The third kappa shape index (κ3) is 2.01. The number of pyridine rings is 2. The summed E-state index contributed by atoms with van der Waals surface area (Å²) in [6, 6.07) is 5.53. The number of hydrogen-bond donors (Lipinski definition) is 0. The van der Waals surface area contributed by atoms with E-state index in [2.05, 4.69) is 15.3 Å². The molecule has 6 nitrogen and oxygen atoms in total. The third-order valence-corrected chi connectivity index (χ3v) is 3.15. The Morgan fingerprint density at radius 3 is 2.80 bits per heavy atom. The number of aromatic nitrogens is 5. The summed E-state index contributed by atoms with van der Waals surface area (Å²) in [7, 11) is 1.81. The summed E-state index contributed by atoms with van der Waals surface area (Å²) in [5.41, 5.74) is 3.08. The molecule has 0 fully saturated rings. The summed E-state index contributed by atoms with van der Waals surface area (Å²) < 4.78 is 3.25. The average Bonchev–Trinajstić information content (AvgIpc) is 2.88. The third-order valence-electron chi connectivity index (χ3n) is 3.15. The van der Waals surface area contributed by atoms with Crippen molar-refractivity contribution in [3.63, 3.8) is 0 Å². The van der Waals surface area contributed by atoms with Crippen molar-refractivity contribution >= 4 is 0 Å². The zero-order chi connectivity index (χ0) is 14.1. The van der Waals surface area contributed by atoms with Crippen LogP contribution < -0.4 is 5.56 Å². The summed E-state index contributed by atoms with van der Waals surface area (Å²) in [5, 5.41) is 7.75. The minimum atomic E-state index is -0.0467. The van der Waals surface area contributed by atoms with Crippen molar-refractivity contribution in [2.75, 3.05) is 0 Å². The summed E-state index contributed by atoms with van der Waals surface area (Å²) in [4.78, 5) is 16.3. The molecule has 0 N–H and O–H groups in total. The molecule has 0 atom stereocenters. The molecule has 0 amide bonds. The predicted octanol–water partition coefficient (Wildman–Crippen LogP) is 1.34. The minimum absolute atomic E-state index is 0.0467. The van der Waals surface area contributed by atoms with Crippen molar-refractivity contribution in [3.8, 4) is 16.9 Å². The fraction of sp³-hybridized carbons (Fsp3) is 0.143. The van der Waals surface area contributed by atoms with Crippen LogP contribution in [-0.4, -0.2) is 24.5 Å². The molecule has 3 rings (SSSR count). The zero-order valence-corrected chi connectivity index (χ0v) is 11.2. The number of hydrogen-bond acceptors (Lipinski definition) is 4. The Morgan fingerprint density at radius 1 is 1.20 bits per heavy atom. The smallest absolute Gasteiger partial charge is 0.258 e. The van der Waals surface area contributed by atoms with Crippen molar-refractivity contribution in [2.45, 2.75) is 6.92 Å². The summed E-state index contributed by atoms with van der Waals surface area (Å²) >= 11 is 0. The van der Waals surface area contributed by atoms with Crippen molar-refractivity contribution in [1.29, 1.82) is 0 Å². The molecule has 6 heteroatoms. The van der Waals surface area contributed by atoms with Gasteiger partial charge in [-0.2, -0.15) is 0 Å². The molecular formula is C14H13N5O. The SMILES string of the molecule is Cc1cccn(-c2cncc(-c3cnnn3C)c2)c1=O. The zero-order valence-electron chi connectivity index (χ0n) is 11.2. The first-order chi connectivity index (χ1) is 9.66. The Labute approximate surface area is 115 Å². The Balaban J connectivity index is 2.15. The normalized spacial score (nSPS) is 10.7. The Kier molecular flexibility index (Phi) is 2.90. The van der Waals surface area contributed by atoms with E-state index in [9.17, 15) is 4.79 Å². The van der Waals surface area contributed by atoms with Gasteiger partial charge in [-0.05, 0) is 19.1 Å². The number of aryl methyl sites for hydroxylation is 2. The van der Waals surface area contributed by atoms with E-state index >= 15 is 0 Å². The van der Waals surface area contributed by atoms with Crippen LogP contribution in [0.15, 0.2) is 47.8 Å². The molecule has 0 aliphatic rings. The van der Waals surface area contributed by atoms with Gasteiger partial charge in [0.15, 0.2) is 0 Å². The van der Waals surface area contributed by atoms with Crippen LogP contribution in [0.5, 0.6) is 0 Å². The molecule has 0 radical (unpaired) electrons. The van der Waals surface area contributed by atoms with Crippen LogP contribution in [0.1, 0.15) is 5.56 Å². The van der Waals surface area contributed by atoms with Gasteiger partial charge in [-0.1, -0.05) is 11.3 Å². The van der Waals surface area contributed by atoms with Crippen LogP contribution >= 0.6 is 0 Å². The van der Waals surface area contributed by atoms with E-state index in [1.54, 1.807) is 47.0 Å². The summed E-state index contributed by atoms with van der Waals surface area (Å²) in [6.07, 6.45) is 6.79. The lowest BCUT2D eigenvalue weighted by Crippen LogP contribution is -2.19. The molecule has 0 aliphatic heterocycles. The Morgan fingerprint density at radius 2 is 2.05 bits per heavy atom. The minimum Gasteiger partial charge on any atom is -0.283 e. The molecule has 3 aromatic rings. The Hall–Kier alpha value is -2.76. The van der Waals surface area contributed by atoms with Crippen molar-refractivity contribution in [1.82, 2.24) is 24.5 Å². The van der Waals surface area contributed by atoms with Crippen LogP contribution in [-0.2, 0) is 7.05 Å². The molecule has 0 bridgehead atoms. The quantitative estimate of drug-likeness (QED) is 0.702. The highest BCUT2D eigenvalue weighted by atomic mass is 16.1. The summed E-state index contributed by atoms with van der Waals surface area (Å²) in [5.74, 6) is 0. The van der Waals surface area contributed by atoms with Crippen molar-refractivity contribution < 1.29 is 0 Å². The molecule has 20 heavy (non-hydrogen) atoms. The maximum absolute atomic E-state index is 12.1. The van der Waals surface area contributed by atoms with Crippen LogP contribution in [0, 0.1) is 6.92 Å². The van der Waals surface area contributed by atoms with E-state index < -0.39 is 0 Å². The monoisotopic (exact) mass is 267 g/mol. The van der Waals surface area contributed by atoms with Crippen LogP contribution in [0.25, 0.3) is 16.9 Å². The number of rotatable bonds is 2. The molecule has 0 unspecified atom stereocenters. The van der Waals surface area contributed by atoms with Gasteiger partial charge in [0.25, 0.3) is 5.56 Å². The topological polar surface area (TPSA) is 65.6 Å². The maximum atomic E-state index is 12.1. The molecule has 0 saturated carbocycles. The second-order valence-corrected chi connectivity index (χ2v) is 4.54. The highest BCUT2D eigenvalue weighted by Gasteiger charge is 2.07. The van der Waals surface area contributed by atoms with E-state index in [-0.39, 0.29) is 5.56 Å². The van der Waals surface area contributed by atoms with Gasteiger partial charge in [0, 0.05) is 30.6 Å². The van der Waals surface area contributed by atoms with E-state index in [0.717, 1.165) is 16.9 Å². The van der Waals surface area contributed by atoms with E-state index in [0.29, 0.717) is 5.56 Å². The number of nitrogens with zero attached hydrogens (tertiary/aromatic N) is 5. The molecule has 3 aromatic heterocycles. The molecule has 0 aliphatic carbocycles. The standard InChI is InChI=1S/C14H13N5O/c1-10-4-3-5-19(14(10)20)12-6-11(7-15-8-12)13-9-16-17-18(13)2/h3-9H,1-2H3. The molecular weight excluding hydrogens is 254 g/mol. The fourth-order valence-electron chi connectivity index (χ4n) is 2.06. The van der Waals surface area contributed by atoms with Gasteiger partial charge in [-0.3, -0.25) is 14.3 Å². The van der Waals surface area contributed by atoms with Gasteiger partial charge in [-0.15, -0.1) is 5.10 Å². The maximum Gasteiger partial charge on any atom is 0.258 e. The van der Waals surface area contributed by atoms with Gasteiger partial charge in [0.05, 0.1) is 23.8 Å². The van der Waals surface area contributed by atoms with E-state index in [1.165, 1.54) is 0 Å². The van der Waals surface area contributed by atoms with Crippen molar-refractivity contribution in [3.05, 3.63) is 58.9 Å². The van der Waals surface area contributed by atoms with Gasteiger partial charge in [-0.25, -0.2) is 4.68 Å². The average molecular weight is 267 g/mol. The van der Waals surface area contributed by atoms with Crippen LogP contribution in [0.2, 0.25) is 0 Å². The fourth-order valence-corrected chi connectivity index (χ4v) is 2.06. The van der Waals surface area contributed by atoms with Gasteiger partial charge >= 0.3 is 0 Å². The Bertz CT molecular complexity index is 818. The molecule has 100 valence electrons. The molecule has 0 saturated heterocycles. The highest BCUT2D eigenvalue weighted by molar-refractivity contribution is 5.60. The van der Waals surface area contributed by atoms with Crippen molar-refractivity contribution in [2.24, 2.45) is 7.05 Å². The van der Waals surface area contributed by atoms with E-state index in [1.807, 2.05) is 19.2 Å². The first kappa shape index (κ1) is 12.3.